The lowest BCUT2D eigenvalue weighted by Gasteiger charge is -2.04. The van der Waals surface area contributed by atoms with Crippen molar-refractivity contribution in [3.63, 3.8) is 0 Å². The van der Waals surface area contributed by atoms with Gasteiger partial charge >= 0.3 is 5.97 Å². The van der Waals surface area contributed by atoms with Gasteiger partial charge in [-0.25, -0.2) is 4.79 Å². The van der Waals surface area contributed by atoms with Crippen molar-refractivity contribution in [3.05, 3.63) is 72.3 Å². The van der Waals surface area contributed by atoms with Gasteiger partial charge in [0.25, 0.3) is 0 Å². The van der Waals surface area contributed by atoms with Crippen molar-refractivity contribution >= 4 is 17.3 Å². The number of nitrogens with zero attached hydrogens (tertiary/aromatic N) is 2. The number of esters is 1. The average molecular weight is 280 g/mol. The zero-order valence-corrected chi connectivity index (χ0v) is 11.8. The summed E-state index contributed by atoms with van der Waals surface area (Å²) < 4.78 is 5.07. The molecule has 0 aliphatic heterocycles. The van der Waals surface area contributed by atoms with E-state index < -0.39 is 0 Å². The van der Waals surface area contributed by atoms with Gasteiger partial charge in [-0.3, -0.25) is 0 Å². The molecule has 4 nitrogen and oxygen atoms in total. The Labute approximate surface area is 123 Å². The molecule has 0 aliphatic rings. The molecule has 0 fully saturated rings. The Morgan fingerprint density at radius 3 is 2.14 bits per heavy atom. The highest BCUT2D eigenvalue weighted by Crippen LogP contribution is 2.18. The van der Waals surface area contributed by atoms with Crippen molar-refractivity contribution < 1.29 is 9.53 Å². The Kier molecular flexibility index (Phi) is 4.99. The predicted octanol–water partition coefficient (Wildman–Crippen LogP) is 4.72. The summed E-state index contributed by atoms with van der Waals surface area (Å²) in [6, 6.07) is 16.9. The summed E-state index contributed by atoms with van der Waals surface area (Å²) in [6.07, 6.45) is 0. The second-order valence-electron chi connectivity index (χ2n) is 4.56. The summed E-state index contributed by atoms with van der Waals surface area (Å²) in [6.45, 7) is 5.38. The quantitative estimate of drug-likeness (QED) is 0.452. The van der Waals surface area contributed by atoms with Crippen molar-refractivity contribution in [2.24, 2.45) is 10.2 Å². The average Bonchev–Trinajstić information content (AvgIpc) is 2.52. The Hall–Kier alpha value is -2.75. The second kappa shape index (κ2) is 7.14. The minimum Gasteiger partial charge on any atom is -0.457 e. The van der Waals surface area contributed by atoms with Crippen LogP contribution in [-0.4, -0.2) is 5.97 Å². The Balaban J connectivity index is 1.94. The molecule has 0 saturated carbocycles. The van der Waals surface area contributed by atoms with Gasteiger partial charge in [-0.2, -0.15) is 10.2 Å². The number of hydrogen-bond donors (Lipinski definition) is 0. The zero-order valence-electron chi connectivity index (χ0n) is 11.8. The highest BCUT2D eigenvalue weighted by molar-refractivity contribution is 5.86. The van der Waals surface area contributed by atoms with E-state index in [1.54, 1.807) is 6.92 Å². The van der Waals surface area contributed by atoms with Crippen LogP contribution in [-0.2, 0) is 16.1 Å². The normalized spacial score (nSPS) is 10.5. The molecule has 0 atom stereocenters. The van der Waals surface area contributed by atoms with Crippen LogP contribution in [0.25, 0.3) is 0 Å². The second-order valence-corrected chi connectivity index (χ2v) is 4.56. The predicted molar refractivity (Wildman–Crippen MR) is 81.7 cm³/mol. The van der Waals surface area contributed by atoms with Gasteiger partial charge < -0.3 is 4.74 Å². The Bertz CT molecular complexity index is 646. The highest BCUT2D eigenvalue weighted by Gasteiger charge is 2.03. The summed E-state index contributed by atoms with van der Waals surface area (Å²) in [5, 5.41) is 8.28. The van der Waals surface area contributed by atoms with Crippen LogP contribution < -0.4 is 0 Å². The van der Waals surface area contributed by atoms with Gasteiger partial charge in [0.05, 0.1) is 11.4 Å². The van der Waals surface area contributed by atoms with E-state index in [1.165, 1.54) is 0 Å². The summed E-state index contributed by atoms with van der Waals surface area (Å²) >= 11 is 0. The molecule has 106 valence electrons. The van der Waals surface area contributed by atoms with Crippen LogP contribution in [0.1, 0.15) is 12.5 Å². The number of azo groups is 1. The first-order valence-corrected chi connectivity index (χ1v) is 6.53. The zero-order chi connectivity index (χ0) is 15.1. The number of ether oxygens (including phenoxy) is 1. The van der Waals surface area contributed by atoms with Crippen LogP contribution in [0.5, 0.6) is 0 Å². The monoisotopic (exact) mass is 280 g/mol. The van der Waals surface area contributed by atoms with Crippen molar-refractivity contribution in [2.45, 2.75) is 13.5 Å². The lowest BCUT2D eigenvalue weighted by molar-refractivity contribution is -0.140. The third kappa shape index (κ3) is 4.69. The maximum atomic E-state index is 11.3. The van der Waals surface area contributed by atoms with E-state index in [2.05, 4.69) is 16.8 Å². The van der Waals surface area contributed by atoms with Gasteiger partial charge in [0.15, 0.2) is 0 Å². The molecule has 4 heteroatoms. The summed E-state index contributed by atoms with van der Waals surface area (Å²) in [5.74, 6) is -0.386. The number of carbonyl (C=O) groups excluding carboxylic acids is 1. The first-order chi connectivity index (χ1) is 10.1. The van der Waals surface area contributed by atoms with E-state index in [0.717, 1.165) is 16.9 Å². The summed E-state index contributed by atoms with van der Waals surface area (Å²) in [7, 11) is 0. The first kappa shape index (κ1) is 14.7. The van der Waals surface area contributed by atoms with Crippen LogP contribution in [0.3, 0.4) is 0 Å². The van der Waals surface area contributed by atoms with Crippen molar-refractivity contribution in [2.75, 3.05) is 0 Å². The minimum atomic E-state index is -0.386. The van der Waals surface area contributed by atoms with E-state index in [4.69, 9.17) is 4.74 Å². The SMILES string of the molecule is C=C(C)C(=O)OCc1ccc(/N=N/c2ccccc2)cc1. The molecule has 21 heavy (non-hydrogen) atoms. The molecule has 0 radical (unpaired) electrons. The van der Waals surface area contributed by atoms with Crippen molar-refractivity contribution in [3.8, 4) is 0 Å². The molecule has 0 bridgehead atoms. The molecule has 0 spiro atoms. The maximum absolute atomic E-state index is 11.3. The maximum Gasteiger partial charge on any atom is 0.333 e. The number of benzene rings is 2. The molecular weight excluding hydrogens is 264 g/mol. The first-order valence-electron chi connectivity index (χ1n) is 6.53. The molecule has 0 N–H and O–H groups in total. The number of rotatable bonds is 5. The van der Waals surface area contributed by atoms with Gasteiger partial charge in [-0.05, 0) is 36.8 Å². The largest absolute Gasteiger partial charge is 0.457 e. The molecular formula is C17H16N2O2. The molecule has 0 unspecified atom stereocenters. The van der Waals surface area contributed by atoms with E-state index >= 15 is 0 Å². The lowest BCUT2D eigenvalue weighted by Crippen LogP contribution is -2.04. The van der Waals surface area contributed by atoms with Gasteiger partial charge in [0.2, 0.25) is 0 Å². The fourth-order valence-electron chi connectivity index (χ4n) is 1.54. The van der Waals surface area contributed by atoms with E-state index in [1.807, 2.05) is 54.6 Å². The topological polar surface area (TPSA) is 51.0 Å². The highest BCUT2D eigenvalue weighted by atomic mass is 16.5. The third-order valence-electron chi connectivity index (χ3n) is 2.69. The van der Waals surface area contributed by atoms with E-state index in [0.29, 0.717) is 5.57 Å². The molecule has 0 amide bonds. The Morgan fingerprint density at radius 2 is 1.57 bits per heavy atom. The van der Waals surface area contributed by atoms with E-state index in [9.17, 15) is 4.79 Å². The number of carbonyl (C=O) groups is 1. The van der Waals surface area contributed by atoms with Gasteiger partial charge in [0, 0.05) is 5.57 Å². The van der Waals surface area contributed by atoms with Crippen molar-refractivity contribution in [1.29, 1.82) is 0 Å². The fraction of sp³-hybridized carbons (Fsp3) is 0.118. The van der Waals surface area contributed by atoms with Gasteiger partial charge in [-0.1, -0.05) is 36.9 Å². The lowest BCUT2D eigenvalue weighted by atomic mass is 10.2. The smallest absolute Gasteiger partial charge is 0.333 e. The van der Waals surface area contributed by atoms with Crippen LogP contribution in [0.2, 0.25) is 0 Å². The van der Waals surface area contributed by atoms with Crippen LogP contribution >= 0.6 is 0 Å². The Morgan fingerprint density at radius 1 is 1.00 bits per heavy atom. The molecule has 2 rings (SSSR count). The number of hydrogen-bond acceptors (Lipinski definition) is 4. The molecule has 0 saturated heterocycles. The van der Waals surface area contributed by atoms with Crippen LogP contribution in [0, 0.1) is 0 Å². The summed E-state index contributed by atoms with van der Waals surface area (Å²) in [5.41, 5.74) is 2.83. The third-order valence-corrected chi connectivity index (χ3v) is 2.69. The van der Waals surface area contributed by atoms with E-state index in [-0.39, 0.29) is 12.6 Å². The molecule has 0 aliphatic carbocycles. The van der Waals surface area contributed by atoms with Crippen molar-refractivity contribution in [1.82, 2.24) is 0 Å². The molecule has 0 aromatic heterocycles. The minimum absolute atomic E-state index is 0.224. The van der Waals surface area contributed by atoms with Gasteiger partial charge in [-0.15, -0.1) is 0 Å². The summed E-state index contributed by atoms with van der Waals surface area (Å²) in [4.78, 5) is 11.3. The van der Waals surface area contributed by atoms with Crippen LogP contribution in [0.4, 0.5) is 11.4 Å². The fourth-order valence-corrected chi connectivity index (χ4v) is 1.54. The van der Waals surface area contributed by atoms with Crippen LogP contribution in [0.15, 0.2) is 77.0 Å². The molecule has 2 aromatic carbocycles. The molecule has 0 heterocycles. The molecule has 2 aromatic rings. The van der Waals surface area contributed by atoms with Gasteiger partial charge in [0.1, 0.15) is 6.61 Å². The standard InChI is InChI=1S/C17H16N2O2/c1-13(2)17(20)21-12-14-8-10-16(11-9-14)19-18-15-6-4-3-5-7-15/h3-11H,1,12H2,2H3/b19-18+.